The van der Waals surface area contributed by atoms with Gasteiger partial charge in [-0.05, 0) is 35.4 Å². The van der Waals surface area contributed by atoms with Crippen LogP contribution in [0, 0.1) is 5.82 Å². The molecule has 6 nitrogen and oxygen atoms in total. The van der Waals surface area contributed by atoms with Crippen LogP contribution in [-0.2, 0) is 20.1 Å². The molecule has 1 aliphatic rings. The summed E-state index contributed by atoms with van der Waals surface area (Å²) in [7, 11) is 1.88. The number of aromatic nitrogens is 4. The molecular formula is C24H18FN5O. The number of halogens is 1. The number of nitrogens with zero attached hydrogens (tertiary/aromatic N) is 5. The van der Waals surface area contributed by atoms with Gasteiger partial charge in [0.2, 0.25) is 0 Å². The molecule has 2 aromatic carbocycles. The van der Waals surface area contributed by atoms with Gasteiger partial charge in [0.1, 0.15) is 17.2 Å². The van der Waals surface area contributed by atoms with E-state index in [-0.39, 0.29) is 18.3 Å². The fourth-order valence-corrected chi connectivity index (χ4v) is 4.35. The van der Waals surface area contributed by atoms with Crippen molar-refractivity contribution in [2.45, 2.75) is 13.1 Å². The number of amides is 1. The van der Waals surface area contributed by atoms with Crippen molar-refractivity contribution in [1.29, 1.82) is 0 Å². The second kappa shape index (κ2) is 6.50. The van der Waals surface area contributed by atoms with Gasteiger partial charge in [-0.2, -0.15) is 5.10 Å². The Kier molecular flexibility index (Phi) is 3.74. The molecule has 0 radical (unpaired) electrons. The Morgan fingerprint density at radius 3 is 2.77 bits per heavy atom. The molecule has 0 bridgehead atoms. The first-order valence-electron chi connectivity index (χ1n) is 10.0. The number of aryl methyl sites for hydroxylation is 1. The highest BCUT2D eigenvalue weighted by Gasteiger charge is 2.30. The van der Waals surface area contributed by atoms with E-state index in [1.54, 1.807) is 32.4 Å². The van der Waals surface area contributed by atoms with Crippen LogP contribution in [0.2, 0.25) is 0 Å². The normalized spacial score (nSPS) is 13.5. The Morgan fingerprint density at radius 1 is 1.06 bits per heavy atom. The SMILES string of the molecule is Cn1cc2cc(-c3ccc(CN4Cc5ccc6nccn6c5C4=O)c(F)c3)ccc2n1. The Hall–Kier alpha value is -4.00. The van der Waals surface area contributed by atoms with Crippen LogP contribution in [0.4, 0.5) is 4.39 Å². The number of benzene rings is 2. The Balaban J connectivity index is 1.29. The van der Waals surface area contributed by atoms with E-state index in [0.717, 1.165) is 33.2 Å². The summed E-state index contributed by atoms with van der Waals surface area (Å²) in [6.07, 6.45) is 5.40. The van der Waals surface area contributed by atoms with E-state index in [1.807, 2.05) is 49.6 Å². The maximum absolute atomic E-state index is 15.0. The molecule has 0 aliphatic carbocycles. The smallest absolute Gasteiger partial charge is 0.271 e. The van der Waals surface area contributed by atoms with E-state index < -0.39 is 0 Å². The molecule has 0 spiro atoms. The van der Waals surface area contributed by atoms with Crippen molar-refractivity contribution >= 4 is 22.5 Å². The zero-order chi connectivity index (χ0) is 21.1. The number of carbonyl (C=O) groups is 1. The number of imidazole rings is 1. The van der Waals surface area contributed by atoms with Crippen molar-refractivity contribution in [1.82, 2.24) is 24.1 Å². The van der Waals surface area contributed by atoms with Gasteiger partial charge in [0.15, 0.2) is 0 Å². The lowest BCUT2D eigenvalue weighted by Crippen LogP contribution is -2.24. The summed E-state index contributed by atoms with van der Waals surface area (Å²) in [5, 5.41) is 5.39. The van der Waals surface area contributed by atoms with Crippen molar-refractivity contribution < 1.29 is 9.18 Å². The van der Waals surface area contributed by atoms with Gasteiger partial charge in [0, 0.05) is 55.2 Å². The Morgan fingerprint density at radius 2 is 1.90 bits per heavy atom. The Labute approximate surface area is 177 Å². The van der Waals surface area contributed by atoms with Crippen LogP contribution < -0.4 is 0 Å². The van der Waals surface area contributed by atoms with Crippen molar-refractivity contribution in [3.05, 3.63) is 89.8 Å². The first kappa shape index (κ1) is 17.8. The molecule has 6 rings (SSSR count). The highest BCUT2D eigenvalue weighted by Crippen LogP contribution is 2.29. The van der Waals surface area contributed by atoms with Gasteiger partial charge in [-0.1, -0.05) is 24.3 Å². The van der Waals surface area contributed by atoms with E-state index in [1.165, 1.54) is 6.07 Å². The van der Waals surface area contributed by atoms with Crippen LogP contribution in [-0.4, -0.2) is 30.0 Å². The lowest BCUT2D eigenvalue weighted by Gasteiger charge is -2.16. The molecular weight excluding hydrogens is 393 g/mol. The molecule has 0 unspecified atom stereocenters. The number of carbonyl (C=O) groups excluding carboxylic acids is 1. The quantitative estimate of drug-likeness (QED) is 0.448. The molecule has 7 heteroatoms. The molecule has 0 saturated heterocycles. The molecule has 1 amide bonds. The minimum atomic E-state index is -0.319. The third kappa shape index (κ3) is 2.81. The zero-order valence-electron chi connectivity index (χ0n) is 16.8. The van der Waals surface area contributed by atoms with E-state index >= 15 is 0 Å². The molecule has 5 aromatic rings. The predicted molar refractivity (Wildman–Crippen MR) is 115 cm³/mol. The maximum atomic E-state index is 15.0. The number of fused-ring (bicyclic) bond motifs is 4. The maximum Gasteiger partial charge on any atom is 0.271 e. The predicted octanol–water partition coefficient (Wildman–Crippen LogP) is 4.18. The molecule has 31 heavy (non-hydrogen) atoms. The van der Waals surface area contributed by atoms with Gasteiger partial charge < -0.3 is 4.90 Å². The standard InChI is InChI=1S/C24H18FN5O/c1-28-12-19-10-15(4-6-21(19)27-28)16-2-3-17(20(25)11-16)13-29-14-18-5-7-22-26-8-9-30(22)23(18)24(29)31/h2-12H,13-14H2,1H3. The summed E-state index contributed by atoms with van der Waals surface area (Å²) in [5.74, 6) is -0.426. The highest BCUT2D eigenvalue weighted by molar-refractivity contribution is 5.97. The summed E-state index contributed by atoms with van der Waals surface area (Å²) in [6, 6.07) is 14.9. The van der Waals surface area contributed by atoms with Gasteiger partial charge in [-0.25, -0.2) is 9.37 Å². The number of rotatable bonds is 3. The van der Waals surface area contributed by atoms with Crippen molar-refractivity contribution in [3.8, 4) is 11.1 Å². The molecule has 0 saturated carbocycles. The van der Waals surface area contributed by atoms with E-state index in [0.29, 0.717) is 17.8 Å². The minimum Gasteiger partial charge on any atom is -0.329 e. The average molecular weight is 411 g/mol. The summed E-state index contributed by atoms with van der Waals surface area (Å²) >= 11 is 0. The van der Waals surface area contributed by atoms with Crippen LogP contribution in [0.5, 0.6) is 0 Å². The molecule has 0 atom stereocenters. The molecule has 0 N–H and O–H groups in total. The summed E-state index contributed by atoms with van der Waals surface area (Å²) < 4.78 is 18.6. The summed E-state index contributed by atoms with van der Waals surface area (Å²) in [4.78, 5) is 18.9. The lowest BCUT2D eigenvalue weighted by molar-refractivity contribution is 0.0760. The third-order valence-electron chi connectivity index (χ3n) is 5.87. The summed E-state index contributed by atoms with van der Waals surface area (Å²) in [6.45, 7) is 0.679. The van der Waals surface area contributed by atoms with Crippen LogP contribution in [0.25, 0.3) is 27.7 Å². The Bertz CT molecular complexity index is 1500. The minimum absolute atomic E-state index is 0.107. The van der Waals surface area contributed by atoms with E-state index in [2.05, 4.69) is 10.1 Å². The van der Waals surface area contributed by atoms with Crippen LogP contribution in [0.3, 0.4) is 0 Å². The fourth-order valence-electron chi connectivity index (χ4n) is 4.35. The monoisotopic (exact) mass is 411 g/mol. The first-order chi connectivity index (χ1) is 15.1. The van der Waals surface area contributed by atoms with E-state index in [9.17, 15) is 9.18 Å². The molecule has 152 valence electrons. The molecule has 1 aliphatic heterocycles. The van der Waals surface area contributed by atoms with Crippen molar-refractivity contribution in [2.24, 2.45) is 7.05 Å². The summed E-state index contributed by atoms with van der Waals surface area (Å²) in [5.41, 5.74) is 5.39. The molecule has 3 aromatic heterocycles. The van der Waals surface area contributed by atoms with Crippen molar-refractivity contribution in [2.75, 3.05) is 0 Å². The lowest BCUT2D eigenvalue weighted by atomic mass is 10.0. The van der Waals surface area contributed by atoms with Gasteiger partial charge in [0.05, 0.1) is 5.52 Å². The molecule has 0 fully saturated rings. The third-order valence-corrected chi connectivity index (χ3v) is 5.87. The van der Waals surface area contributed by atoms with Gasteiger partial charge in [-0.3, -0.25) is 13.9 Å². The van der Waals surface area contributed by atoms with Gasteiger partial charge in [0.25, 0.3) is 5.91 Å². The number of pyridine rings is 1. The topological polar surface area (TPSA) is 55.4 Å². The molecule has 4 heterocycles. The second-order valence-corrected chi connectivity index (χ2v) is 7.91. The second-order valence-electron chi connectivity index (χ2n) is 7.91. The van der Waals surface area contributed by atoms with Crippen LogP contribution in [0.1, 0.15) is 21.6 Å². The largest absolute Gasteiger partial charge is 0.329 e. The number of hydrogen-bond donors (Lipinski definition) is 0. The fraction of sp³-hybridized carbons (Fsp3) is 0.125. The average Bonchev–Trinajstić information content (AvgIpc) is 3.45. The highest BCUT2D eigenvalue weighted by atomic mass is 19.1. The van der Waals surface area contributed by atoms with Gasteiger partial charge >= 0.3 is 0 Å². The van der Waals surface area contributed by atoms with Crippen molar-refractivity contribution in [3.63, 3.8) is 0 Å². The van der Waals surface area contributed by atoms with Crippen LogP contribution >= 0.6 is 0 Å². The zero-order valence-corrected chi connectivity index (χ0v) is 16.8. The van der Waals surface area contributed by atoms with Crippen LogP contribution in [0.15, 0.2) is 67.1 Å². The number of hydrogen-bond acceptors (Lipinski definition) is 3. The van der Waals surface area contributed by atoms with E-state index in [4.69, 9.17) is 0 Å². The van der Waals surface area contributed by atoms with Gasteiger partial charge in [-0.15, -0.1) is 0 Å². The first-order valence-corrected chi connectivity index (χ1v) is 10.0.